The lowest BCUT2D eigenvalue weighted by Crippen LogP contribution is -2.41. The second-order valence-electron chi connectivity index (χ2n) is 8.59. The van der Waals surface area contributed by atoms with E-state index in [-0.39, 0.29) is 24.6 Å². The number of carbonyl (C=O) groups is 2. The van der Waals surface area contributed by atoms with Gasteiger partial charge in [-0.05, 0) is 54.1 Å². The van der Waals surface area contributed by atoms with E-state index in [1.165, 1.54) is 40.2 Å². The van der Waals surface area contributed by atoms with E-state index in [1.807, 2.05) is 30.3 Å². The highest BCUT2D eigenvalue weighted by molar-refractivity contribution is 7.17. The molecule has 2 N–H and O–H groups in total. The number of amides is 2. The van der Waals surface area contributed by atoms with Crippen LogP contribution in [0, 0.1) is 5.82 Å². The molecule has 0 atom stereocenters. The van der Waals surface area contributed by atoms with Crippen molar-refractivity contribution in [3.05, 3.63) is 98.3 Å². The van der Waals surface area contributed by atoms with Crippen molar-refractivity contribution < 1.29 is 14.0 Å². The van der Waals surface area contributed by atoms with Crippen LogP contribution in [0.25, 0.3) is 10.2 Å². The van der Waals surface area contributed by atoms with Gasteiger partial charge in [-0.2, -0.15) is 0 Å². The number of halogens is 1. The Hall–Kier alpha value is -4.05. The van der Waals surface area contributed by atoms with Crippen molar-refractivity contribution in [1.29, 1.82) is 0 Å². The SMILES string of the molecule is O=C(CCCCCn1c(=O)c2sccc2n(CC(=O)Nc2ccc(F)cc2)c1=O)NCc1ccccc1. The third-order valence-corrected chi connectivity index (χ3v) is 6.78. The monoisotopic (exact) mass is 522 g/mol. The van der Waals surface area contributed by atoms with Crippen LogP contribution >= 0.6 is 11.3 Å². The highest BCUT2D eigenvalue weighted by Crippen LogP contribution is 2.16. The van der Waals surface area contributed by atoms with Gasteiger partial charge in [0, 0.05) is 25.2 Å². The zero-order chi connectivity index (χ0) is 26.2. The summed E-state index contributed by atoms with van der Waals surface area (Å²) in [4.78, 5) is 50.8. The molecule has 0 radical (unpaired) electrons. The molecule has 4 rings (SSSR count). The van der Waals surface area contributed by atoms with E-state index < -0.39 is 17.4 Å². The molecule has 0 fully saturated rings. The normalized spacial score (nSPS) is 10.9. The summed E-state index contributed by atoms with van der Waals surface area (Å²) in [5, 5.41) is 7.23. The molecular formula is C27H27FN4O4S. The van der Waals surface area contributed by atoms with Crippen LogP contribution in [0.15, 0.2) is 75.6 Å². The van der Waals surface area contributed by atoms with Gasteiger partial charge >= 0.3 is 5.69 Å². The van der Waals surface area contributed by atoms with Gasteiger partial charge in [-0.15, -0.1) is 11.3 Å². The predicted molar refractivity (Wildman–Crippen MR) is 142 cm³/mol. The number of hydrogen-bond acceptors (Lipinski definition) is 5. The minimum Gasteiger partial charge on any atom is -0.352 e. The molecule has 37 heavy (non-hydrogen) atoms. The second-order valence-corrected chi connectivity index (χ2v) is 9.50. The summed E-state index contributed by atoms with van der Waals surface area (Å²) in [6, 6.07) is 16.6. The van der Waals surface area contributed by atoms with Crippen molar-refractivity contribution in [3.63, 3.8) is 0 Å². The number of unbranched alkanes of at least 4 members (excludes halogenated alkanes) is 2. The summed E-state index contributed by atoms with van der Waals surface area (Å²) in [5.41, 5.74) is 0.890. The van der Waals surface area contributed by atoms with Crippen molar-refractivity contribution in [2.45, 2.75) is 45.3 Å². The average Bonchev–Trinajstić information content (AvgIpc) is 3.39. The van der Waals surface area contributed by atoms with Gasteiger partial charge < -0.3 is 10.6 Å². The summed E-state index contributed by atoms with van der Waals surface area (Å²) in [5.74, 6) is -0.933. The molecule has 2 aromatic carbocycles. The average molecular weight is 523 g/mol. The standard InChI is InChI=1S/C27H27FN4O4S/c28-20-10-12-21(13-11-20)30-24(34)18-32-22-14-16-37-25(22)26(35)31(27(32)36)15-6-2-5-9-23(33)29-17-19-7-3-1-4-8-19/h1,3-4,7-8,10-14,16H,2,5-6,9,15,17-18H2,(H,29,33)(H,30,34). The van der Waals surface area contributed by atoms with E-state index in [4.69, 9.17) is 0 Å². The van der Waals surface area contributed by atoms with Crippen LogP contribution in [0.1, 0.15) is 31.2 Å². The van der Waals surface area contributed by atoms with Crippen LogP contribution in [0.3, 0.4) is 0 Å². The first-order chi connectivity index (χ1) is 17.9. The van der Waals surface area contributed by atoms with Crippen LogP contribution in [-0.4, -0.2) is 20.9 Å². The minimum atomic E-state index is -0.564. The zero-order valence-corrected chi connectivity index (χ0v) is 20.9. The van der Waals surface area contributed by atoms with Gasteiger partial charge in [0.2, 0.25) is 11.8 Å². The maximum atomic E-state index is 13.2. The number of thiophene rings is 1. The third-order valence-electron chi connectivity index (χ3n) is 5.88. The summed E-state index contributed by atoms with van der Waals surface area (Å²) >= 11 is 1.22. The number of fused-ring (bicyclic) bond motifs is 1. The van der Waals surface area contributed by atoms with Gasteiger partial charge in [0.25, 0.3) is 5.56 Å². The summed E-state index contributed by atoms with van der Waals surface area (Å²) in [7, 11) is 0. The molecule has 0 aliphatic carbocycles. The molecule has 192 valence electrons. The van der Waals surface area contributed by atoms with Gasteiger partial charge in [-0.25, -0.2) is 9.18 Å². The predicted octanol–water partition coefficient (Wildman–Crippen LogP) is 3.88. The van der Waals surface area contributed by atoms with Gasteiger partial charge in [0.15, 0.2) is 0 Å². The van der Waals surface area contributed by atoms with Crippen LogP contribution in [0.2, 0.25) is 0 Å². The summed E-state index contributed by atoms with van der Waals surface area (Å²) < 4.78 is 16.0. The van der Waals surface area contributed by atoms with Crippen molar-refractivity contribution in [3.8, 4) is 0 Å². The highest BCUT2D eigenvalue weighted by atomic mass is 32.1. The van der Waals surface area contributed by atoms with Crippen molar-refractivity contribution in [1.82, 2.24) is 14.5 Å². The Bertz CT molecular complexity index is 1490. The molecule has 0 unspecified atom stereocenters. The number of nitrogens with one attached hydrogen (secondary N) is 2. The maximum Gasteiger partial charge on any atom is 0.332 e. The number of benzene rings is 2. The maximum absolute atomic E-state index is 13.2. The first-order valence-electron chi connectivity index (χ1n) is 12.0. The molecule has 0 aliphatic rings. The topological polar surface area (TPSA) is 102 Å². The molecule has 0 aliphatic heterocycles. The molecule has 0 saturated carbocycles. The van der Waals surface area contributed by atoms with Gasteiger partial charge in [-0.1, -0.05) is 36.8 Å². The van der Waals surface area contributed by atoms with E-state index in [0.717, 1.165) is 10.1 Å². The largest absolute Gasteiger partial charge is 0.352 e. The van der Waals surface area contributed by atoms with E-state index in [9.17, 15) is 23.6 Å². The van der Waals surface area contributed by atoms with Crippen LogP contribution in [0.4, 0.5) is 10.1 Å². The zero-order valence-electron chi connectivity index (χ0n) is 20.1. The van der Waals surface area contributed by atoms with Gasteiger partial charge in [0.1, 0.15) is 17.1 Å². The third kappa shape index (κ3) is 6.79. The number of nitrogens with zero attached hydrogens (tertiary/aromatic N) is 2. The lowest BCUT2D eigenvalue weighted by molar-refractivity contribution is -0.121. The van der Waals surface area contributed by atoms with E-state index in [1.54, 1.807) is 11.4 Å². The van der Waals surface area contributed by atoms with Crippen LogP contribution < -0.4 is 21.9 Å². The first-order valence-corrected chi connectivity index (χ1v) is 12.9. The molecule has 0 bridgehead atoms. The molecule has 4 aromatic rings. The van der Waals surface area contributed by atoms with Gasteiger partial charge in [-0.3, -0.25) is 23.5 Å². The summed E-state index contributed by atoms with van der Waals surface area (Å²) in [6.45, 7) is 0.381. The Kier molecular flexibility index (Phi) is 8.63. The van der Waals surface area contributed by atoms with Gasteiger partial charge in [0.05, 0.1) is 5.52 Å². The van der Waals surface area contributed by atoms with Crippen LogP contribution in [-0.2, 0) is 29.2 Å². The van der Waals surface area contributed by atoms with Crippen molar-refractivity contribution in [2.24, 2.45) is 0 Å². The smallest absolute Gasteiger partial charge is 0.332 e. The lowest BCUT2D eigenvalue weighted by Gasteiger charge is -2.12. The number of rotatable bonds is 11. The molecule has 10 heteroatoms. The highest BCUT2D eigenvalue weighted by Gasteiger charge is 2.16. The number of anilines is 1. The Labute approximate surface area is 216 Å². The molecule has 2 aromatic heterocycles. The number of aromatic nitrogens is 2. The van der Waals surface area contributed by atoms with E-state index in [2.05, 4.69) is 10.6 Å². The second kappa shape index (κ2) is 12.3. The Morgan fingerprint density at radius 3 is 2.38 bits per heavy atom. The number of hydrogen-bond donors (Lipinski definition) is 2. The summed E-state index contributed by atoms with van der Waals surface area (Å²) in [6.07, 6.45) is 2.20. The molecule has 8 nitrogen and oxygen atoms in total. The molecule has 0 saturated heterocycles. The quantitative estimate of drug-likeness (QED) is 0.292. The first kappa shape index (κ1) is 26.0. The Morgan fingerprint density at radius 1 is 0.865 bits per heavy atom. The fourth-order valence-corrected chi connectivity index (χ4v) is 4.82. The van der Waals surface area contributed by atoms with Crippen LogP contribution in [0.5, 0.6) is 0 Å². The van der Waals surface area contributed by atoms with Crippen molar-refractivity contribution in [2.75, 3.05) is 5.32 Å². The molecule has 0 spiro atoms. The fraction of sp³-hybridized carbons (Fsp3) is 0.259. The Morgan fingerprint density at radius 2 is 1.62 bits per heavy atom. The Balaban J connectivity index is 1.35. The minimum absolute atomic E-state index is 0.0458. The molecule has 2 amide bonds. The van der Waals surface area contributed by atoms with Crippen molar-refractivity contribution >= 4 is 39.1 Å². The lowest BCUT2D eigenvalue weighted by atomic mass is 10.1. The number of carbonyl (C=O) groups excluding carboxylic acids is 2. The molecular weight excluding hydrogens is 495 g/mol. The molecule has 2 heterocycles. The van der Waals surface area contributed by atoms with E-state index in [0.29, 0.717) is 48.1 Å². The fourth-order valence-electron chi connectivity index (χ4n) is 3.98. The van der Waals surface area contributed by atoms with E-state index >= 15 is 0 Å².